The maximum absolute atomic E-state index is 12.0. The SMILES string of the molecule is CC(C)(C)OC(=O)N1CC[C@@H](Oc2cc(Cl)nc(C#N)c2)C1. The number of nitriles is 1. The van der Waals surface area contributed by atoms with E-state index in [1.165, 1.54) is 6.07 Å². The summed E-state index contributed by atoms with van der Waals surface area (Å²) in [7, 11) is 0. The van der Waals surface area contributed by atoms with Gasteiger partial charge in [0.25, 0.3) is 0 Å². The summed E-state index contributed by atoms with van der Waals surface area (Å²) in [5.74, 6) is 0.479. The second-order valence-corrected chi connectivity index (χ2v) is 6.46. The Hall–Kier alpha value is -2.00. The molecule has 22 heavy (non-hydrogen) atoms. The third kappa shape index (κ3) is 4.50. The van der Waals surface area contributed by atoms with Crippen molar-refractivity contribution < 1.29 is 14.3 Å². The van der Waals surface area contributed by atoms with Gasteiger partial charge in [-0.2, -0.15) is 5.26 Å². The number of nitrogens with zero attached hydrogens (tertiary/aromatic N) is 3. The molecule has 0 N–H and O–H groups in total. The van der Waals surface area contributed by atoms with Crippen LogP contribution in [0.4, 0.5) is 4.79 Å². The number of hydrogen-bond donors (Lipinski definition) is 0. The van der Waals surface area contributed by atoms with Crippen molar-refractivity contribution in [3.63, 3.8) is 0 Å². The zero-order chi connectivity index (χ0) is 16.3. The van der Waals surface area contributed by atoms with Gasteiger partial charge in [-0.15, -0.1) is 0 Å². The van der Waals surface area contributed by atoms with E-state index < -0.39 is 5.60 Å². The third-order valence-corrected chi connectivity index (χ3v) is 3.18. The van der Waals surface area contributed by atoms with E-state index in [4.69, 9.17) is 26.3 Å². The fraction of sp³-hybridized carbons (Fsp3) is 0.533. The minimum atomic E-state index is -0.518. The number of amides is 1. The van der Waals surface area contributed by atoms with E-state index in [1.54, 1.807) is 11.0 Å². The van der Waals surface area contributed by atoms with Crippen LogP contribution >= 0.6 is 11.6 Å². The van der Waals surface area contributed by atoms with Gasteiger partial charge in [0.15, 0.2) is 0 Å². The van der Waals surface area contributed by atoms with E-state index in [-0.39, 0.29) is 23.0 Å². The molecule has 1 fully saturated rings. The Balaban J connectivity index is 1.96. The van der Waals surface area contributed by atoms with Crippen molar-refractivity contribution in [2.75, 3.05) is 13.1 Å². The highest BCUT2D eigenvalue weighted by Gasteiger charge is 2.30. The van der Waals surface area contributed by atoms with Crippen molar-refractivity contribution in [1.29, 1.82) is 5.26 Å². The van der Waals surface area contributed by atoms with Gasteiger partial charge in [-0.1, -0.05) is 11.6 Å². The number of likely N-dealkylation sites (tertiary alicyclic amines) is 1. The van der Waals surface area contributed by atoms with Gasteiger partial charge in [-0.3, -0.25) is 0 Å². The van der Waals surface area contributed by atoms with Crippen LogP contribution in [0.2, 0.25) is 5.15 Å². The molecule has 6 nitrogen and oxygen atoms in total. The van der Waals surface area contributed by atoms with Gasteiger partial charge in [-0.25, -0.2) is 9.78 Å². The van der Waals surface area contributed by atoms with Crippen molar-refractivity contribution in [3.05, 3.63) is 23.0 Å². The van der Waals surface area contributed by atoms with Crippen molar-refractivity contribution in [2.24, 2.45) is 0 Å². The predicted molar refractivity (Wildman–Crippen MR) is 80.8 cm³/mol. The Bertz CT molecular complexity index is 607. The normalized spacial score (nSPS) is 18.0. The first-order valence-electron chi connectivity index (χ1n) is 6.99. The summed E-state index contributed by atoms with van der Waals surface area (Å²) in [4.78, 5) is 17.5. The highest BCUT2D eigenvalue weighted by molar-refractivity contribution is 6.29. The lowest BCUT2D eigenvalue weighted by Gasteiger charge is -2.24. The molecule has 0 bridgehead atoms. The molecule has 1 atom stereocenters. The summed E-state index contributed by atoms with van der Waals surface area (Å²) in [5.41, 5.74) is -0.319. The van der Waals surface area contributed by atoms with E-state index in [2.05, 4.69) is 4.98 Å². The first-order valence-corrected chi connectivity index (χ1v) is 7.37. The molecule has 0 aliphatic carbocycles. The first kappa shape index (κ1) is 16.4. The van der Waals surface area contributed by atoms with E-state index in [1.807, 2.05) is 26.8 Å². The van der Waals surface area contributed by atoms with E-state index in [0.29, 0.717) is 25.3 Å². The third-order valence-electron chi connectivity index (χ3n) is 2.98. The molecule has 0 spiro atoms. The van der Waals surface area contributed by atoms with Gasteiger partial charge in [0.2, 0.25) is 0 Å². The molecule has 1 saturated heterocycles. The van der Waals surface area contributed by atoms with E-state index >= 15 is 0 Å². The minimum Gasteiger partial charge on any atom is -0.488 e. The number of carbonyl (C=O) groups is 1. The molecule has 7 heteroatoms. The zero-order valence-corrected chi connectivity index (χ0v) is 13.6. The van der Waals surface area contributed by atoms with Crippen LogP contribution in [0.1, 0.15) is 32.9 Å². The molecule has 0 radical (unpaired) electrons. The molecule has 0 aromatic carbocycles. The van der Waals surface area contributed by atoms with Gasteiger partial charge in [0.05, 0.1) is 6.54 Å². The fourth-order valence-electron chi connectivity index (χ4n) is 2.11. The molecule has 2 rings (SSSR count). The van der Waals surface area contributed by atoms with Crippen LogP contribution in [-0.4, -0.2) is 40.8 Å². The number of hydrogen-bond acceptors (Lipinski definition) is 5. The molecular weight excluding hydrogens is 306 g/mol. The van der Waals surface area contributed by atoms with E-state index in [9.17, 15) is 4.79 Å². The van der Waals surface area contributed by atoms with Crippen LogP contribution in [0.3, 0.4) is 0 Å². The second kappa shape index (κ2) is 6.41. The number of halogens is 1. The summed E-state index contributed by atoms with van der Waals surface area (Å²) in [6.07, 6.45) is 0.197. The largest absolute Gasteiger partial charge is 0.488 e. The van der Waals surface area contributed by atoms with E-state index in [0.717, 1.165) is 0 Å². The summed E-state index contributed by atoms with van der Waals surface area (Å²) < 4.78 is 11.1. The van der Waals surface area contributed by atoms with Gasteiger partial charge in [0.1, 0.15) is 34.4 Å². The Labute approximate surface area is 134 Å². The summed E-state index contributed by atoms with van der Waals surface area (Å²) in [6, 6.07) is 5.01. The highest BCUT2D eigenvalue weighted by atomic mass is 35.5. The lowest BCUT2D eigenvalue weighted by molar-refractivity contribution is 0.0275. The molecule has 2 heterocycles. The number of pyridine rings is 1. The number of ether oxygens (including phenoxy) is 2. The maximum atomic E-state index is 12.0. The number of aromatic nitrogens is 1. The maximum Gasteiger partial charge on any atom is 0.410 e. The minimum absolute atomic E-state index is 0.155. The van der Waals surface area contributed by atoms with Crippen molar-refractivity contribution in [3.8, 4) is 11.8 Å². The van der Waals surface area contributed by atoms with Crippen molar-refractivity contribution in [1.82, 2.24) is 9.88 Å². The fourth-order valence-corrected chi connectivity index (χ4v) is 2.31. The molecular formula is C15H18ClN3O3. The summed E-state index contributed by atoms with van der Waals surface area (Å²) in [5, 5.41) is 9.08. The van der Waals surface area contributed by atoms with Gasteiger partial charge in [-0.05, 0) is 20.8 Å². The van der Waals surface area contributed by atoms with Crippen molar-refractivity contribution in [2.45, 2.75) is 38.9 Å². The molecule has 1 aromatic rings. The molecule has 1 aliphatic heterocycles. The molecule has 1 amide bonds. The summed E-state index contributed by atoms with van der Waals surface area (Å²) >= 11 is 5.84. The Morgan fingerprint density at radius 3 is 2.86 bits per heavy atom. The Morgan fingerprint density at radius 1 is 1.50 bits per heavy atom. The Kier molecular flexibility index (Phi) is 4.77. The number of rotatable bonds is 2. The average Bonchev–Trinajstić information content (AvgIpc) is 2.84. The monoisotopic (exact) mass is 323 g/mol. The van der Waals surface area contributed by atoms with Crippen LogP contribution in [0.25, 0.3) is 0 Å². The Morgan fingerprint density at radius 2 is 2.23 bits per heavy atom. The van der Waals surface area contributed by atoms with Crippen LogP contribution in [0.15, 0.2) is 12.1 Å². The van der Waals surface area contributed by atoms with Crippen LogP contribution in [0.5, 0.6) is 5.75 Å². The van der Waals surface area contributed by atoms with Gasteiger partial charge in [0, 0.05) is 25.1 Å². The zero-order valence-electron chi connectivity index (χ0n) is 12.8. The first-order chi connectivity index (χ1) is 10.3. The number of carbonyl (C=O) groups excluding carboxylic acids is 1. The lowest BCUT2D eigenvalue weighted by Crippen LogP contribution is -2.36. The highest BCUT2D eigenvalue weighted by Crippen LogP contribution is 2.23. The van der Waals surface area contributed by atoms with Gasteiger partial charge >= 0.3 is 6.09 Å². The molecule has 118 valence electrons. The van der Waals surface area contributed by atoms with Crippen LogP contribution in [0, 0.1) is 11.3 Å². The predicted octanol–water partition coefficient (Wildman–Crippen LogP) is 2.99. The summed E-state index contributed by atoms with van der Waals surface area (Å²) in [6.45, 7) is 6.51. The molecule has 1 aromatic heterocycles. The molecule has 0 saturated carbocycles. The van der Waals surface area contributed by atoms with Crippen molar-refractivity contribution >= 4 is 17.7 Å². The average molecular weight is 324 g/mol. The molecule has 0 unspecified atom stereocenters. The topological polar surface area (TPSA) is 75.4 Å². The van der Waals surface area contributed by atoms with Gasteiger partial charge < -0.3 is 14.4 Å². The van der Waals surface area contributed by atoms with Crippen LogP contribution < -0.4 is 4.74 Å². The standard InChI is InChI=1S/C15H18ClN3O3/c1-15(2,3)22-14(20)19-5-4-11(9-19)21-12-6-10(8-17)18-13(16)7-12/h6-7,11H,4-5,9H2,1-3H3/t11-/m1/s1. The van der Waals surface area contributed by atoms with Crippen LogP contribution in [-0.2, 0) is 4.74 Å². The quantitative estimate of drug-likeness (QED) is 0.782. The smallest absolute Gasteiger partial charge is 0.410 e. The molecule has 1 aliphatic rings. The lowest BCUT2D eigenvalue weighted by atomic mass is 10.2. The second-order valence-electron chi connectivity index (χ2n) is 6.08.